The molecule has 0 aliphatic heterocycles. The third kappa shape index (κ3) is 2.44. The number of aromatic nitrogens is 1. The van der Waals surface area contributed by atoms with Crippen molar-refractivity contribution in [3.05, 3.63) is 35.2 Å². The van der Waals surface area contributed by atoms with Crippen molar-refractivity contribution in [2.45, 2.75) is 6.92 Å². The molecule has 4 nitrogen and oxygen atoms in total. The largest absolute Gasteiger partial charge is 0.290 e. The number of hydrogen-bond acceptors (Lipinski definition) is 4. The zero-order valence-electron chi connectivity index (χ0n) is 8.71. The maximum absolute atomic E-state index is 8.36. The molecule has 2 N–H and O–H groups in total. The van der Waals surface area contributed by atoms with Gasteiger partial charge in [0.25, 0.3) is 0 Å². The van der Waals surface area contributed by atoms with Gasteiger partial charge in [0.1, 0.15) is 6.34 Å². The summed E-state index contributed by atoms with van der Waals surface area (Å²) in [6.07, 6.45) is 1.19. The number of hydrogen-bond donors (Lipinski definition) is 2. The minimum atomic E-state index is 0.608. The Labute approximate surface area is 97.3 Å². The first kappa shape index (κ1) is 10.8. The van der Waals surface area contributed by atoms with Crippen LogP contribution in [0.15, 0.2) is 34.6 Å². The van der Waals surface area contributed by atoms with Crippen molar-refractivity contribution in [1.29, 1.82) is 0 Å². The lowest BCUT2D eigenvalue weighted by Crippen LogP contribution is -2.00. The molecule has 0 atom stereocenters. The molecule has 2 aromatic rings. The van der Waals surface area contributed by atoms with Crippen molar-refractivity contribution in [2.75, 3.05) is 0 Å². The highest BCUT2D eigenvalue weighted by Crippen LogP contribution is 2.26. The molecule has 0 amide bonds. The van der Waals surface area contributed by atoms with E-state index in [-0.39, 0.29) is 0 Å². The molecule has 2 rings (SSSR count). The van der Waals surface area contributed by atoms with Crippen LogP contribution >= 0.6 is 11.3 Å². The zero-order chi connectivity index (χ0) is 11.4. The molecule has 0 radical (unpaired) electrons. The number of hydroxylamine groups is 1. The minimum Gasteiger partial charge on any atom is -0.290 e. The molecule has 16 heavy (non-hydrogen) atoms. The van der Waals surface area contributed by atoms with Crippen LogP contribution in [0.3, 0.4) is 0 Å². The Morgan fingerprint density at radius 3 is 2.81 bits per heavy atom. The molecule has 0 spiro atoms. The molecule has 0 fully saturated rings. The van der Waals surface area contributed by atoms with E-state index >= 15 is 0 Å². The number of aliphatic imine (C=N–C) groups is 1. The number of benzene rings is 1. The molecule has 0 saturated heterocycles. The smallest absolute Gasteiger partial charge is 0.211 e. The predicted molar refractivity (Wildman–Crippen MR) is 65.4 cm³/mol. The van der Waals surface area contributed by atoms with Crippen LogP contribution in [0.25, 0.3) is 11.3 Å². The Balaban J connectivity index is 2.24. The summed E-state index contributed by atoms with van der Waals surface area (Å²) in [5.74, 6) is 0. The third-order valence-corrected chi connectivity index (χ3v) is 2.82. The van der Waals surface area contributed by atoms with E-state index in [4.69, 9.17) is 5.21 Å². The lowest BCUT2D eigenvalue weighted by Gasteiger charge is -1.96. The van der Waals surface area contributed by atoms with Gasteiger partial charge in [0.2, 0.25) is 5.13 Å². The summed E-state index contributed by atoms with van der Waals surface area (Å²) in [5, 5.41) is 10.9. The fraction of sp³-hybridized carbons (Fsp3) is 0.0909. The Kier molecular flexibility index (Phi) is 3.28. The number of thiazole rings is 1. The summed E-state index contributed by atoms with van der Waals surface area (Å²) in [5.41, 5.74) is 5.04. The number of nitrogens with one attached hydrogen (secondary N) is 1. The Bertz CT molecular complexity index is 490. The monoisotopic (exact) mass is 233 g/mol. The van der Waals surface area contributed by atoms with Crippen LogP contribution in [0.2, 0.25) is 0 Å². The van der Waals surface area contributed by atoms with Gasteiger partial charge in [-0.05, 0) is 6.92 Å². The van der Waals surface area contributed by atoms with Gasteiger partial charge in [0, 0.05) is 10.9 Å². The molecule has 0 aliphatic rings. The lowest BCUT2D eigenvalue weighted by atomic mass is 10.1. The van der Waals surface area contributed by atoms with Crippen LogP contribution in [0, 0.1) is 6.92 Å². The number of nitrogens with zero attached hydrogens (tertiary/aromatic N) is 2. The quantitative estimate of drug-likeness (QED) is 0.487. The fourth-order valence-electron chi connectivity index (χ4n) is 1.26. The van der Waals surface area contributed by atoms with Gasteiger partial charge in [0.05, 0.1) is 5.69 Å². The van der Waals surface area contributed by atoms with Gasteiger partial charge in [0.15, 0.2) is 0 Å². The van der Waals surface area contributed by atoms with Gasteiger partial charge >= 0.3 is 0 Å². The fourth-order valence-corrected chi connectivity index (χ4v) is 1.94. The van der Waals surface area contributed by atoms with Crippen LogP contribution in [-0.4, -0.2) is 16.5 Å². The van der Waals surface area contributed by atoms with Crippen LogP contribution in [0.1, 0.15) is 5.56 Å². The maximum Gasteiger partial charge on any atom is 0.211 e. The van der Waals surface area contributed by atoms with Crippen LogP contribution in [-0.2, 0) is 0 Å². The minimum absolute atomic E-state index is 0.608. The zero-order valence-corrected chi connectivity index (χ0v) is 9.53. The van der Waals surface area contributed by atoms with Crippen molar-refractivity contribution in [3.8, 4) is 11.3 Å². The number of rotatable bonds is 3. The molecule has 1 heterocycles. The second-order valence-electron chi connectivity index (χ2n) is 3.27. The van der Waals surface area contributed by atoms with E-state index in [0.717, 1.165) is 11.3 Å². The van der Waals surface area contributed by atoms with Gasteiger partial charge in [-0.2, -0.15) is 0 Å². The Hall–Kier alpha value is -1.72. The Morgan fingerprint density at radius 1 is 1.38 bits per heavy atom. The van der Waals surface area contributed by atoms with E-state index in [1.165, 1.54) is 23.2 Å². The third-order valence-electron chi connectivity index (χ3n) is 2.07. The molecule has 0 unspecified atom stereocenters. The molecular weight excluding hydrogens is 222 g/mol. The van der Waals surface area contributed by atoms with E-state index in [9.17, 15) is 0 Å². The average molecular weight is 233 g/mol. The summed E-state index contributed by atoms with van der Waals surface area (Å²) in [4.78, 5) is 8.23. The highest BCUT2D eigenvalue weighted by Gasteiger charge is 2.02. The molecule has 1 aromatic heterocycles. The summed E-state index contributed by atoms with van der Waals surface area (Å²) < 4.78 is 0. The van der Waals surface area contributed by atoms with E-state index < -0.39 is 0 Å². The SMILES string of the molecule is Cc1ccc(-c2csc(/N=C/NO)n2)cc1. The molecule has 82 valence electrons. The van der Waals surface area contributed by atoms with Crippen molar-refractivity contribution in [1.82, 2.24) is 10.5 Å². The van der Waals surface area contributed by atoms with Crippen molar-refractivity contribution in [2.24, 2.45) is 4.99 Å². The Morgan fingerprint density at radius 2 is 2.12 bits per heavy atom. The first-order valence-corrected chi connectivity index (χ1v) is 5.62. The van der Waals surface area contributed by atoms with Crippen molar-refractivity contribution in [3.63, 3.8) is 0 Å². The van der Waals surface area contributed by atoms with Crippen LogP contribution in [0.5, 0.6) is 0 Å². The summed E-state index contributed by atoms with van der Waals surface area (Å²) in [6, 6.07) is 8.16. The molecular formula is C11H11N3OS. The first-order chi connectivity index (χ1) is 7.79. The van der Waals surface area contributed by atoms with Crippen LogP contribution in [0.4, 0.5) is 5.13 Å². The predicted octanol–water partition coefficient (Wildman–Crippen LogP) is 2.76. The summed E-state index contributed by atoms with van der Waals surface area (Å²) in [7, 11) is 0. The van der Waals surface area contributed by atoms with Gasteiger partial charge < -0.3 is 0 Å². The topological polar surface area (TPSA) is 57.5 Å². The normalized spacial score (nSPS) is 10.9. The molecule has 1 aromatic carbocycles. The van der Waals surface area contributed by atoms with E-state index in [1.807, 2.05) is 42.0 Å². The van der Waals surface area contributed by atoms with Crippen molar-refractivity contribution >= 4 is 22.8 Å². The highest BCUT2D eigenvalue weighted by molar-refractivity contribution is 7.13. The number of aryl methyl sites for hydroxylation is 1. The van der Waals surface area contributed by atoms with Gasteiger partial charge in [-0.3, -0.25) is 10.7 Å². The lowest BCUT2D eigenvalue weighted by molar-refractivity contribution is 0.240. The second-order valence-corrected chi connectivity index (χ2v) is 4.11. The standard InChI is InChI=1S/C11H11N3OS/c1-8-2-4-9(5-3-8)10-6-16-11(14-10)12-7-13-15/h2-7,15H,1H3,(H,12,13,14). The average Bonchev–Trinajstić information content (AvgIpc) is 2.76. The van der Waals surface area contributed by atoms with Gasteiger partial charge in [-0.15, -0.1) is 11.3 Å². The first-order valence-electron chi connectivity index (χ1n) is 4.74. The van der Waals surface area contributed by atoms with Crippen molar-refractivity contribution < 1.29 is 5.21 Å². The van der Waals surface area contributed by atoms with Gasteiger partial charge in [-0.1, -0.05) is 29.8 Å². The van der Waals surface area contributed by atoms with E-state index in [2.05, 4.69) is 9.98 Å². The highest BCUT2D eigenvalue weighted by atomic mass is 32.1. The summed E-state index contributed by atoms with van der Waals surface area (Å²) in [6.45, 7) is 2.05. The second kappa shape index (κ2) is 4.87. The maximum atomic E-state index is 8.36. The van der Waals surface area contributed by atoms with E-state index in [1.54, 1.807) is 0 Å². The summed E-state index contributed by atoms with van der Waals surface area (Å²) >= 11 is 1.43. The molecule has 0 aliphatic carbocycles. The van der Waals surface area contributed by atoms with Crippen LogP contribution < -0.4 is 5.48 Å². The molecule has 5 heteroatoms. The van der Waals surface area contributed by atoms with Gasteiger partial charge in [-0.25, -0.2) is 9.98 Å². The molecule has 0 saturated carbocycles. The van der Waals surface area contributed by atoms with E-state index in [0.29, 0.717) is 5.13 Å². The molecule has 0 bridgehead atoms.